The van der Waals surface area contributed by atoms with E-state index in [2.05, 4.69) is 4.98 Å². The van der Waals surface area contributed by atoms with Gasteiger partial charge in [0.15, 0.2) is 6.61 Å². The lowest BCUT2D eigenvalue weighted by Crippen LogP contribution is -2.12. The number of rotatable bonds is 4. The maximum atomic E-state index is 10.1. The summed E-state index contributed by atoms with van der Waals surface area (Å²) in [5, 5.41) is 8.31. The third-order valence-corrected chi connectivity index (χ3v) is 1.34. The molecule has 0 fully saturated rings. The summed E-state index contributed by atoms with van der Waals surface area (Å²) in [4.78, 5) is 14.0. The Morgan fingerprint density at radius 1 is 1.83 bits per heavy atom. The van der Waals surface area contributed by atoms with E-state index in [0.29, 0.717) is 6.01 Å². The van der Waals surface area contributed by atoms with Crippen LogP contribution in [-0.4, -0.2) is 27.2 Å². The summed E-state index contributed by atoms with van der Waals surface area (Å²) in [7, 11) is 0. The van der Waals surface area contributed by atoms with Crippen molar-refractivity contribution >= 4 is 5.97 Å². The van der Waals surface area contributed by atoms with E-state index in [0.717, 1.165) is 6.54 Å². The van der Waals surface area contributed by atoms with Crippen molar-refractivity contribution in [1.29, 1.82) is 0 Å². The maximum Gasteiger partial charge on any atom is 0.341 e. The molecule has 0 aliphatic heterocycles. The number of carboxylic acids is 1. The number of nitrogens with zero attached hydrogens (tertiary/aromatic N) is 2. The van der Waals surface area contributed by atoms with E-state index in [4.69, 9.17) is 9.84 Å². The van der Waals surface area contributed by atoms with Gasteiger partial charge in [0.05, 0.1) is 0 Å². The second kappa shape index (κ2) is 3.75. The molecule has 1 rings (SSSR count). The number of aryl methyl sites for hydroxylation is 1. The lowest BCUT2D eigenvalue weighted by Gasteiger charge is -2.03. The average Bonchev–Trinajstić information content (AvgIpc) is 2.47. The van der Waals surface area contributed by atoms with Crippen molar-refractivity contribution in [2.45, 2.75) is 13.5 Å². The summed E-state index contributed by atoms with van der Waals surface area (Å²) < 4.78 is 6.61. The number of aliphatic carboxylic acids is 1. The van der Waals surface area contributed by atoms with Crippen molar-refractivity contribution in [3.8, 4) is 6.01 Å². The van der Waals surface area contributed by atoms with Crippen LogP contribution in [0.2, 0.25) is 0 Å². The quantitative estimate of drug-likeness (QED) is 0.708. The van der Waals surface area contributed by atoms with Crippen molar-refractivity contribution in [2.75, 3.05) is 6.61 Å². The Hall–Kier alpha value is -1.52. The predicted octanol–water partition coefficient (Wildman–Crippen LogP) is 0.366. The highest BCUT2D eigenvalue weighted by Crippen LogP contribution is 2.05. The van der Waals surface area contributed by atoms with Crippen LogP contribution in [0.4, 0.5) is 0 Å². The highest BCUT2D eigenvalue weighted by Gasteiger charge is 2.03. The van der Waals surface area contributed by atoms with Crippen LogP contribution in [0.3, 0.4) is 0 Å². The SMILES string of the molecule is CCn1ccnc1OCC(=O)O. The monoisotopic (exact) mass is 170 g/mol. The number of ether oxygens (including phenoxy) is 1. The molecule has 0 aliphatic rings. The fourth-order valence-electron chi connectivity index (χ4n) is 0.803. The molecule has 0 radical (unpaired) electrons. The summed E-state index contributed by atoms with van der Waals surface area (Å²) in [6.07, 6.45) is 3.30. The van der Waals surface area contributed by atoms with E-state index in [1.165, 1.54) is 0 Å². The van der Waals surface area contributed by atoms with Crippen molar-refractivity contribution in [3.05, 3.63) is 12.4 Å². The molecule has 0 saturated heterocycles. The summed E-state index contributed by atoms with van der Waals surface area (Å²) in [5.74, 6) is -0.999. The smallest absolute Gasteiger partial charge is 0.341 e. The number of aromatic nitrogens is 2. The minimum Gasteiger partial charge on any atom is -0.479 e. The Morgan fingerprint density at radius 3 is 3.17 bits per heavy atom. The van der Waals surface area contributed by atoms with E-state index in [-0.39, 0.29) is 6.61 Å². The zero-order valence-electron chi connectivity index (χ0n) is 6.73. The Balaban J connectivity index is 2.56. The van der Waals surface area contributed by atoms with Crippen LogP contribution >= 0.6 is 0 Å². The molecule has 1 N–H and O–H groups in total. The topological polar surface area (TPSA) is 64.4 Å². The minimum absolute atomic E-state index is 0.347. The lowest BCUT2D eigenvalue weighted by molar-refractivity contribution is -0.139. The van der Waals surface area contributed by atoms with Gasteiger partial charge in [-0.25, -0.2) is 9.78 Å². The average molecular weight is 170 g/mol. The number of carboxylic acid groups (broad SMARTS) is 1. The Bertz CT molecular complexity index is 269. The summed E-state index contributed by atoms with van der Waals surface area (Å²) >= 11 is 0. The molecule has 12 heavy (non-hydrogen) atoms. The highest BCUT2D eigenvalue weighted by atomic mass is 16.5. The molecule has 0 aromatic carbocycles. The first-order valence-electron chi connectivity index (χ1n) is 3.59. The van der Waals surface area contributed by atoms with Gasteiger partial charge in [0, 0.05) is 18.9 Å². The molecule has 0 aliphatic carbocycles. The van der Waals surface area contributed by atoms with Gasteiger partial charge in [0.1, 0.15) is 0 Å². The first kappa shape index (κ1) is 8.58. The van der Waals surface area contributed by atoms with Gasteiger partial charge in [-0.1, -0.05) is 0 Å². The number of hydrogen-bond acceptors (Lipinski definition) is 3. The van der Waals surface area contributed by atoms with Gasteiger partial charge < -0.3 is 14.4 Å². The molecule has 0 saturated carbocycles. The highest BCUT2D eigenvalue weighted by molar-refractivity contribution is 5.68. The van der Waals surface area contributed by atoms with E-state index < -0.39 is 5.97 Å². The van der Waals surface area contributed by atoms with E-state index in [1.807, 2.05) is 6.92 Å². The molecule has 0 atom stereocenters. The summed E-state index contributed by atoms with van der Waals surface area (Å²) in [5.41, 5.74) is 0. The largest absolute Gasteiger partial charge is 0.479 e. The minimum atomic E-state index is -0.999. The number of carbonyl (C=O) groups is 1. The Morgan fingerprint density at radius 2 is 2.58 bits per heavy atom. The maximum absolute atomic E-state index is 10.1. The molecule has 1 aromatic heterocycles. The van der Waals surface area contributed by atoms with Crippen LogP contribution in [0.25, 0.3) is 0 Å². The molecular weight excluding hydrogens is 160 g/mol. The lowest BCUT2D eigenvalue weighted by atomic mass is 10.7. The van der Waals surface area contributed by atoms with Crippen LogP contribution in [0, 0.1) is 0 Å². The zero-order valence-corrected chi connectivity index (χ0v) is 6.73. The van der Waals surface area contributed by atoms with Gasteiger partial charge >= 0.3 is 5.97 Å². The van der Waals surface area contributed by atoms with E-state index >= 15 is 0 Å². The standard InChI is InChI=1S/C7H10N2O3/c1-2-9-4-3-8-7(9)12-5-6(10)11/h3-4H,2,5H2,1H3,(H,10,11). The fraction of sp³-hybridized carbons (Fsp3) is 0.429. The van der Waals surface area contributed by atoms with Crippen LogP contribution in [0.1, 0.15) is 6.92 Å². The van der Waals surface area contributed by atoms with Gasteiger partial charge in [0.25, 0.3) is 6.01 Å². The van der Waals surface area contributed by atoms with Gasteiger partial charge in [-0.15, -0.1) is 0 Å². The van der Waals surface area contributed by atoms with Crippen LogP contribution in [0.15, 0.2) is 12.4 Å². The van der Waals surface area contributed by atoms with Crippen molar-refractivity contribution in [3.63, 3.8) is 0 Å². The van der Waals surface area contributed by atoms with Crippen LogP contribution in [-0.2, 0) is 11.3 Å². The van der Waals surface area contributed by atoms with E-state index in [9.17, 15) is 4.79 Å². The van der Waals surface area contributed by atoms with Gasteiger partial charge in [0.2, 0.25) is 0 Å². The second-order valence-electron chi connectivity index (χ2n) is 2.18. The van der Waals surface area contributed by atoms with Crippen LogP contribution in [0.5, 0.6) is 6.01 Å². The molecule has 66 valence electrons. The summed E-state index contributed by atoms with van der Waals surface area (Å²) in [6, 6.07) is 0.347. The molecule has 1 aromatic rings. The molecule has 0 bridgehead atoms. The van der Waals surface area contributed by atoms with Gasteiger partial charge in [-0.05, 0) is 6.92 Å². The van der Waals surface area contributed by atoms with Crippen molar-refractivity contribution in [1.82, 2.24) is 9.55 Å². The molecule has 0 amide bonds. The van der Waals surface area contributed by atoms with Gasteiger partial charge in [-0.2, -0.15) is 0 Å². The first-order valence-corrected chi connectivity index (χ1v) is 3.59. The second-order valence-corrected chi connectivity index (χ2v) is 2.18. The molecule has 5 heteroatoms. The first-order chi connectivity index (χ1) is 5.74. The predicted molar refractivity (Wildman–Crippen MR) is 41.0 cm³/mol. The zero-order chi connectivity index (χ0) is 8.97. The van der Waals surface area contributed by atoms with Gasteiger partial charge in [-0.3, -0.25) is 0 Å². The number of hydrogen-bond donors (Lipinski definition) is 1. The molecule has 0 spiro atoms. The van der Waals surface area contributed by atoms with Crippen LogP contribution < -0.4 is 4.74 Å². The third kappa shape index (κ3) is 1.98. The summed E-state index contributed by atoms with van der Waals surface area (Å²) in [6.45, 7) is 2.29. The molecule has 5 nitrogen and oxygen atoms in total. The Labute approximate surface area is 69.6 Å². The molecule has 1 heterocycles. The molecule has 0 unspecified atom stereocenters. The number of imidazole rings is 1. The molecular formula is C7H10N2O3. The van der Waals surface area contributed by atoms with Crippen molar-refractivity contribution < 1.29 is 14.6 Å². The van der Waals surface area contributed by atoms with Crippen molar-refractivity contribution in [2.24, 2.45) is 0 Å². The third-order valence-electron chi connectivity index (χ3n) is 1.34. The Kier molecular flexibility index (Phi) is 2.68. The normalized spacial score (nSPS) is 9.75. The van der Waals surface area contributed by atoms with E-state index in [1.54, 1.807) is 17.0 Å². The fourth-order valence-corrected chi connectivity index (χ4v) is 0.803.